The molecular formula is C29H25NO5. The lowest BCUT2D eigenvalue weighted by Gasteiger charge is -2.45. The van der Waals surface area contributed by atoms with Gasteiger partial charge in [-0.15, -0.1) is 0 Å². The van der Waals surface area contributed by atoms with E-state index in [-0.39, 0.29) is 18.8 Å². The molecule has 1 fully saturated rings. The molecule has 0 amide bonds. The van der Waals surface area contributed by atoms with Crippen LogP contribution >= 0.6 is 0 Å². The van der Waals surface area contributed by atoms with Gasteiger partial charge in [-0.3, -0.25) is 4.90 Å². The zero-order chi connectivity index (χ0) is 23.5. The average Bonchev–Trinajstić information content (AvgIpc) is 3.50. The first-order chi connectivity index (χ1) is 17.2. The van der Waals surface area contributed by atoms with Crippen molar-refractivity contribution in [1.82, 2.24) is 4.90 Å². The summed E-state index contributed by atoms with van der Waals surface area (Å²) in [5, 5.41) is 13.3. The largest absolute Gasteiger partial charge is 0.455 e. The number of nitrogens with zero attached hydrogens (tertiary/aromatic N) is 1. The van der Waals surface area contributed by atoms with Crippen molar-refractivity contribution >= 4 is 22.8 Å². The van der Waals surface area contributed by atoms with Crippen LogP contribution in [-0.4, -0.2) is 47.6 Å². The second kappa shape index (κ2) is 7.97. The zero-order valence-electron chi connectivity index (χ0n) is 19.1. The summed E-state index contributed by atoms with van der Waals surface area (Å²) in [6.07, 6.45) is 4.51. The molecule has 3 unspecified atom stereocenters. The van der Waals surface area contributed by atoms with Gasteiger partial charge in [0.1, 0.15) is 12.2 Å². The number of hydrogen-bond donors (Lipinski definition) is 1. The van der Waals surface area contributed by atoms with E-state index in [4.69, 9.17) is 14.2 Å². The number of esters is 1. The quantitative estimate of drug-likeness (QED) is 0.354. The topological polar surface area (TPSA) is 68.2 Å². The van der Waals surface area contributed by atoms with Crippen molar-refractivity contribution in [3.8, 4) is 11.5 Å². The number of carbonyl (C=O) groups excluding carboxylic acids is 1. The van der Waals surface area contributed by atoms with E-state index in [0.717, 1.165) is 52.7 Å². The molecule has 0 radical (unpaired) electrons. The average molecular weight is 468 g/mol. The number of fused-ring (bicyclic) bond motifs is 4. The van der Waals surface area contributed by atoms with Gasteiger partial charge in [-0.1, -0.05) is 54.1 Å². The van der Waals surface area contributed by atoms with Crippen molar-refractivity contribution in [2.45, 2.75) is 37.1 Å². The van der Waals surface area contributed by atoms with Crippen molar-refractivity contribution in [2.75, 3.05) is 13.3 Å². The predicted molar refractivity (Wildman–Crippen MR) is 131 cm³/mol. The highest BCUT2D eigenvalue weighted by atomic mass is 16.7. The van der Waals surface area contributed by atoms with E-state index in [2.05, 4.69) is 4.90 Å². The molecule has 0 spiro atoms. The molecular weight excluding hydrogens is 442 g/mol. The Labute approximate surface area is 203 Å². The van der Waals surface area contributed by atoms with Crippen LogP contribution in [0.1, 0.15) is 29.0 Å². The fourth-order valence-corrected chi connectivity index (χ4v) is 6.20. The SMILES string of the molecule is O=C(/C=C/c1cccc2ccccc12)O[C@@H]1C(O)C=C2CCN3Cc4cc5c(cc4C1C23)OCO5. The second-order valence-corrected chi connectivity index (χ2v) is 9.63. The molecule has 3 heterocycles. The fourth-order valence-electron chi connectivity index (χ4n) is 6.20. The van der Waals surface area contributed by atoms with Crippen LogP contribution in [-0.2, 0) is 16.1 Å². The van der Waals surface area contributed by atoms with Crippen LogP contribution in [0.5, 0.6) is 11.5 Å². The van der Waals surface area contributed by atoms with Crippen LogP contribution in [0.15, 0.2) is 72.3 Å². The van der Waals surface area contributed by atoms with E-state index in [1.54, 1.807) is 6.08 Å². The van der Waals surface area contributed by atoms with Gasteiger partial charge >= 0.3 is 5.97 Å². The molecule has 35 heavy (non-hydrogen) atoms. The molecule has 1 aliphatic carbocycles. The Morgan fingerprint density at radius 1 is 1.09 bits per heavy atom. The summed E-state index contributed by atoms with van der Waals surface area (Å²) in [5.41, 5.74) is 4.38. The number of rotatable bonds is 3. The molecule has 3 aromatic carbocycles. The van der Waals surface area contributed by atoms with Gasteiger partial charge in [0.25, 0.3) is 0 Å². The lowest BCUT2D eigenvalue weighted by Crippen LogP contribution is -2.51. The summed E-state index contributed by atoms with van der Waals surface area (Å²) in [6, 6.07) is 18.2. The highest BCUT2D eigenvalue weighted by molar-refractivity contribution is 5.94. The summed E-state index contributed by atoms with van der Waals surface area (Å²) in [5.74, 6) is 0.832. The number of hydrogen-bond acceptors (Lipinski definition) is 6. The Hall–Kier alpha value is -3.61. The van der Waals surface area contributed by atoms with E-state index in [9.17, 15) is 9.90 Å². The Morgan fingerprint density at radius 2 is 1.91 bits per heavy atom. The van der Waals surface area contributed by atoms with Gasteiger partial charge in [0, 0.05) is 31.1 Å². The third-order valence-corrected chi connectivity index (χ3v) is 7.72. The Balaban J connectivity index is 1.22. The maximum atomic E-state index is 13.0. The summed E-state index contributed by atoms with van der Waals surface area (Å²) in [4.78, 5) is 15.4. The summed E-state index contributed by atoms with van der Waals surface area (Å²) in [6.45, 7) is 1.94. The third-order valence-electron chi connectivity index (χ3n) is 7.72. The minimum absolute atomic E-state index is 0.117. The maximum absolute atomic E-state index is 13.0. The highest BCUT2D eigenvalue weighted by Gasteiger charge is 2.50. The van der Waals surface area contributed by atoms with E-state index < -0.39 is 18.2 Å². The van der Waals surface area contributed by atoms with Crippen molar-refractivity contribution in [2.24, 2.45) is 0 Å². The van der Waals surface area contributed by atoms with Gasteiger partial charge in [0.2, 0.25) is 6.79 Å². The summed E-state index contributed by atoms with van der Waals surface area (Å²) in [7, 11) is 0. The van der Waals surface area contributed by atoms with E-state index >= 15 is 0 Å². The van der Waals surface area contributed by atoms with Gasteiger partial charge in [-0.25, -0.2) is 4.79 Å². The van der Waals surface area contributed by atoms with Crippen LogP contribution in [0, 0.1) is 0 Å². The van der Waals surface area contributed by atoms with Gasteiger partial charge in [-0.05, 0) is 52.1 Å². The third kappa shape index (κ3) is 3.36. The molecule has 1 N–H and O–H groups in total. The van der Waals surface area contributed by atoms with Crippen LogP contribution in [0.4, 0.5) is 0 Å². The minimum atomic E-state index is -0.863. The summed E-state index contributed by atoms with van der Waals surface area (Å²) < 4.78 is 17.2. The summed E-state index contributed by atoms with van der Waals surface area (Å²) >= 11 is 0. The monoisotopic (exact) mass is 467 g/mol. The second-order valence-electron chi connectivity index (χ2n) is 9.63. The van der Waals surface area contributed by atoms with Gasteiger partial charge < -0.3 is 19.3 Å². The number of aliphatic hydroxyl groups excluding tert-OH is 1. The molecule has 4 atom stereocenters. The standard InChI is InChI=1S/C29H25NO5/c31-23-12-19-10-11-30-15-20-13-24-25(34-16-33-24)14-22(20)27(28(19)30)29(23)35-26(32)9-8-18-6-3-5-17-4-1-2-7-21(17)18/h1-9,12-14,23,27-29,31H,10-11,15-16H2/b9-8+/t23?,27?,28?,29-/m1/s1. The fraction of sp³-hybridized carbons (Fsp3) is 0.276. The molecule has 3 aromatic rings. The molecule has 176 valence electrons. The number of aliphatic hydroxyl groups is 1. The first kappa shape index (κ1) is 20.7. The molecule has 4 aliphatic rings. The van der Waals surface area contributed by atoms with Crippen molar-refractivity contribution in [3.63, 3.8) is 0 Å². The normalized spacial score (nSPS) is 26.5. The molecule has 0 aromatic heterocycles. The van der Waals surface area contributed by atoms with Crippen LogP contribution < -0.4 is 9.47 Å². The lowest BCUT2D eigenvalue weighted by atomic mass is 9.73. The van der Waals surface area contributed by atoms with Crippen LogP contribution in [0.3, 0.4) is 0 Å². The molecule has 6 nitrogen and oxygen atoms in total. The van der Waals surface area contributed by atoms with Crippen molar-refractivity contribution in [1.29, 1.82) is 0 Å². The first-order valence-corrected chi connectivity index (χ1v) is 12.1. The highest BCUT2D eigenvalue weighted by Crippen LogP contribution is 2.50. The maximum Gasteiger partial charge on any atom is 0.331 e. The molecule has 0 bridgehead atoms. The van der Waals surface area contributed by atoms with E-state index in [1.807, 2.05) is 60.7 Å². The van der Waals surface area contributed by atoms with Crippen molar-refractivity contribution < 1.29 is 24.1 Å². The molecule has 7 rings (SSSR count). The zero-order valence-corrected chi connectivity index (χ0v) is 19.1. The van der Waals surface area contributed by atoms with Crippen molar-refractivity contribution in [3.05, 3.63) is 89.0 Å². The lowest BCUT2D eigenvalue weighted by molar-refractivity contribution is -0.150. The van der Waals surface area contributed by atoms with Gasteiger partial charge in [0.05, 0.1) is 0 Å². The van der Waals surface area contributed by atoms with Gasteiger partial charge in [-0.2, -0.15) is 0 Å². The molecule has 0 saturated carbocycles. The molecule has 6 heteroatoms. The molecule has 1 saturated heterocycles. The Morgan fingerprint density at radius 3 is 2.83 bits per heavy atom. The van der Waals surface area contributed by atoms with Crippen LogP contribution in [0.25, 0.3) is 16.8 Å². The Kier molecular flexibility index (Phi) is 4.72. The Bertz CT molecular complexity index is 1400. The number of benzene rings is 3. The predicted octanol–water partition coefficient (Wildman–Crippen LogP) is 4.17. The number of ether oxygens (including phenoxy) is 3. The smallest absolute Gasteiger partial charge is 0.331 e. The van der Waals surface area contributed by atoms with Gasteiger partial charge in [0.15, 0.2) is 11.5 Å². The first-order valence-electron chi connectivity index (χ1n) is 12.1. The van der Waals surface area contributed by atoms with E-state index in [0.29, 0.717) is 5.75 Å². The minimum Gasteiger partial charge on any atom is -0.455 e. The number of carbonyl (C=O) groups is 1. The van der Waals surface area contributed by atoms with E-state index in [1.165, 1.54) is 11.6 Å². The van der Waals surface area contributed by atoms with Crippen LogP contribution in [0.2, 0.25) is 0 Å². The molecule has 3 aliphatic heterocycles.